The van der Waals surface area contributed by atoms with Gasteiger partial charge in [-0.25, -0.2) is 0 Å². The van der Waals surface area contributed by atoms with Gasteiger partial charge >= 0.3 is 5.97 Å². The molecule has 3 heteroatoms. The summed E-state index contributed by atoms with van der Waals surface area (Å²) in [5, 5.41) is 0. The highest BCUT2D eigenvalue weighted by molar-refractivity contribution is 5.89. The fourth-order valence-corrected chi connectivity index (χ4v) is 11.0. The molecule has 0 aromatic heterocycles. The van der Waals surface area contributed by atoms with Gasteiger partial charge in [0.15, 0.2) is 5.78 Å². The predicted molar refractivity (Wildman–Crippen MR) is 203 cm³/mol. The van der Waals surface area contributed by atoms with Crippen LogP contribution >= 0.6 is 0 Å². The second-order valence-corrected chi connectivity index (χ2v) is 17.7. The van der Waals surface area contributed by atoms with Crippen molar-refractivity contribution in [2.45, 2.75) is 189 Å². The highest BCUT2D eigenvalue weighted by Gasteiger charge is 2.59. The number of carbonyl (C=O) groups is 2. The van der Waals surface area contributed by atoms with Gasteiger partial charge in [0.25, 0.3) is 0 Å². The molecular formula is C45H74O3. The number of fused-ring (bicyclic) bond motifs is 5. The van der Waals surface area contributed by atoms with Gasteiger partial charge in [0, 0.05) is 19.3 Å². The minimum atomic E-state index is 0.0183. The van der Waals surface area contributed by atoms with Gasteiger partial charge in [-0.3, -0.25) is 9.59 Å². The van der Waals surface area contributed by atoms with Crippen LogP contribution in [0.2, 0.25) is 0 Å². The van der Waals surface area contributed by atoms with Crippen molar-refractivity contribution in [3.05, 3.63) is 36.0 Å². The zero-order valence-corrected chi connectivity index (χ0v) is 32.2. The van der Waals surface area contributed by atoms with Crippen molar-refractivity contribution in [2.24, 2.45) is 46.3 Å². The summed E-state index contributed by atoms with van der Waals surface area (Å²) < 4.78 is 6.10. The third kappa shape index (κ3) is 10.4. The lowest BCUT2D eigenvalue weighted by atomic mass is 9.47. The van der Waals surface area contributed by atoms with Crippen LogP contribution in [0.5, 0.6) is 0 Å². The van der Waals surface area contributed by atoms with Crippen molar-refractivity contribution in [1.29, 1.82) is 0 Å². The molecule has 8 atom stereocenters. The van der Waals surface area contributed by atoms with Crippen LogP contribution in [0.1, 0.15) is 183 Å². The largest absolute Gasteiger partial charge is 0.462 e. The Morgan fingerprint density at radius 1 is 0.854 bits per heavy atom. The maximum atomic E-state index is 12.8. The Hall–Kier alpha value is -1.64. The summed E-state index contributed by atoms with van der Waals surface area (Å²) in [5.41, 5.74) is 2.47. The Morgan fingerprint density at radius 3 is 2.42 bits per heavy atom. The van der Waals surface area contributed by atoms with Crippen molar-refractivity contribution >= 4 is 11.8 Å². The van der Waals surface area contributed by atoms with Crippen LogP contribution in [-0.2, 0) is 14.3 Å². The summed E-state index contributed by atoms with van der Waals surface area (Å²) in [5.74, 6) is 5.43. The summed E-state index contributed by atoms with van der Waals surface area (Å²) in [4.78, 5) is 24.6. The Balaban J connectivity index is 1.13. The minimum Gasteiger partial charge on any atom is -0.462 e. The lowest BCUT2D eigenvalue weighted by Crippen LogP contribution is -2.51. The highest BCUT2D eigenvalue weighted by atomic mass is 16.5. The molecule has 0 N–H and O–H groups in total. The molecule has 0 spiro atoms. The van der Waals surface area contributed by atoms with E-state index in [0.717, 1.165) is 93.3 Å². The van der Waals surface area contributed by atoms with E-state index in [-0.39, 0.29) is 17.9 Å². The molecule has 0 aliphatic heterocycles. The second-order valence-electron chi connectivity index (χ2n) is 17.7. The first-order valence-corrected chi connectivity index (χ1v) is 20.8. The highest BCUT2D eigenvalue weighted by Crippen LogP contribution is 2.67. The van der Waals surface area contributed by atoms with Crippen molar-refractivity contribution in [3.63, 3.8) is 0 Å². The van der Waals surface area contributed by atoms with Crippen LogP contribution in [0, 0.1) is 46.3 Å². The molecule has 4 aliphatic rings. The van der Waals surface area contributed by atoms with Gasteiger partial charge < -0.3 is 4.74 Å². The molecule has 0 radical (unpaired) electrons. The van der Waals surface area contributed by atoms with Crippen LogP contribution in [0.25, 0.3) is 0 Å². The van der Waals surface area contributed by atoms with Crippen molar-refractivity contribution < 1.29 is 14.3 Å². The maximum absolute atomic E-state index is 12.8. The number of ether oxygens (including phenoxy) is 1. The molecule has 3 nitrogen and oxygen atoms in total. The smallest absolute Gasteiger partial charge is 0.306 e. The van der Waals surface area contributed by atoms with Gasteiger partial charge in [0.2, 0.25) is 0 Å². The lowest BCUT2D eigenvalue weighted by Gasteiger charge is -2.58. The summed E-state index contributed by atoms with van der Waals surface area (Å²) in [6.45, 7) is 14.8. The van der Waals surface area contributed by atoms with Crippen LogP contribution in [0.3, 0.4) is 0 Å². The number of unbranched alkanes of at least 4 members (excludes halogenated alkanes) is 7. The van der Waals surface area contributed by atoms with Crippen LogP contribution in [0.4, 0.5) is 0 Å². The first-order valence-electron chi connectivity index (χ1n) is 20.8. The molecule has 48 heavy (non-hydrogen) atoms. The van der Waals surface area contributed by atoms with Crippen LogP contribution in [-0.4, -0.2) is 17.9 Å². The van der Waals surface area contributed by atoms with Gasteiger partial charge in [-0.05, 0) is 123 Å². The number of rotatable bonds is 20. The Bertz CT molecular complexity index is 1100. The normalized spacial score (nSPS) is 32.2. The van der Waals surface area contributed by atoms with E-state index in [9.17, 15) is 9.59 Å². The van der Waals surface area contributed by atoms with E-state index in [0.29, 0.717) is 23.7 Å². The van der Waals surface area contributed by atoms with Gasteiger partial charge in [0.05, 0.1) is 0 Å². The number of ketones is 1. The molecule has 272 valence electrons. The molecule has 0 unspecified atom stereocenters. The molecule has 4 rings (SSSR count). The summed E-state index contributed by atoms with van der Waals surface area (Å²) in [6.07, 6.45) is 36.0. The monoisotopic (exact) mass is 663 g/mol. The van der Waals surface area contributed by atoms with Gasteiger partial charge in [-0.1, -0.05) is 123 Å². The number of hydrogen-bond donors (Lipinski definition) is 0. The SMILES string of the molecule is CCCCCC(=O)/C=C/C=C\CCCCCCCC(=O)O[C@H]1CC[C@@]2(C)C(=CC[C@H]3[C@@H]4CC[C@H]([C@H](C)CCCC(C)C)[C@@]4(C)CC[C@@H]32)C1. The topological polar surface area (TPSA) is 43.4 Å². The number of carbonyl (C=O) groups excluding carboxylic acids is 2. The third-order valence-electron chi connectivity index (χ3n) is 13.9. The Kier molecular flexibility index (Phi) is 15.6. The molecule has 0 saturated heterocycles. The van der Waals surface area contributed by atoms with Crippen molar-refractivity contribution in [1.82, 2.24) is 0 Å². The van der Waals surface area contributed by atoms with E-state index in [1.54, 1.807) is 11.6 Å². The molecule has 3 fully saturated rings. The molecule has 0 aromatic rings. The summed E-state index contributed by atoms with van der Waals surface area (Å²) in [7, 11) is 0. The molecule has 0 aromatic carbocycles. The number of esters is 1. The zero-order valence-electron chi connectivity index (χ0n) is 32.2. The summed E-state index contributed by atoms with van der Waals surface area (Å²) in [6, 6.07) is 0. The van der Waals surface area contributed by atoms with E-state index >= 15 is 0 Å². The van der Waals surface area contributed by atoms with Gasteiger partial charge in [0.1, 0.15) is 6.10 Å². The molecule has 0 bridgehead atoms. The zero-order chi connectivity index (χ0) is 34.6. The molecule has 3 saturated carbocycles. The van der Waals surface area contributed by atoms with E-state index in [1.165, 1.54) is 70.6 Å². The van der Waals surface area contributed by atoms with Crippen molar-refractivity contribution in [3.8, 4) is 0 Å². The van der Waals surface area contributed by atoms with E-state index in [2.05, 4.69) is 53.7 Å². The molecule has 0 heterocycles. The third-order valence-corrected chi connectivity index (χ3v) is 13.9. The van der Waals surface area contributed by atoms with E-state index in [4.69, 9.17) is 4.74 Å². The molecule has 4 aliphatic carbocycles. The standard InChI is InChI=1S/C45H74O3/c1-7-8-16-22-37(46)23-17-14-12-10-9-11-13-15-18-24-43(47)48-38-29-31-44(5)36(33-38)25-26-39-41-28-27-40(35(4)21-19-20-34(2)3)45(41,6)32-30-42(39)44/h12,14,17,23,25,34-35,38-42H,7-11,13,15-16,18-22,24,26-33H2,1-6H3/b14-12-,23-17+/t35-,38+,39+,40-,41+,42+,44+,45-/m1/s1. The molecule has 0 amide bonds. The minimum absolute atomic E-state index is 0.0183. The molecular weight excluding hydrogens is 588 g/mol. The van der Waals surface area contributed by atoms with Gasteiger partial charge in [-0.15, -0.1) is 0 Å². The number of hydrogen-bond acceptors (Lipinski definition) is 3. The Labute approximate surface area is 296 Å². The lowest BCUT2D eigenvalue weighted by molar-refractivity contribution is -0.151. The second kappa shape index (κ2) is 19.1. The average molecular weight is 663 g/mol. The first-order chi connectivity index (χ1) is 23.1. The van der Waals surface area contributed by atoms with E-state index < -0.39 is 0 Å². The fourth-order valence-electron chi connectivity index (χ4n) is 11.0. The van der Waals surface area contributed by atoms with E-state index in [1.807, 2.05) is 12.2 Å². The van der Waals surface area contributed by atoms with Crippen LogP contribution < -0.4 is 0 Å². The average Bonchev–Trinajstić information content (AvgIpc) is 3.41. The number of allylic oxidation sites excluding steroid dienone is 5. The predicted octanol–water partition coefficient (Wildman–Crippen LogP) is 12.9. The van der Waals surface area contributed by atoms with Crippen LogP contribution in [0.15, 0.2) is 36.0 Å². The quantitative estimate of drug-likeness (QED) is 0.0428. The first kappa shape index (κ1) is 39.2. The maximum Gasteiger partial charge on any atom is 0.306 e. The Morgan fingerprint density at radius 2 is 1.62 bits per heavy atom. The van der Waals surface area contributed by atoms with Crippen molar-refractivity contribution in [2.75, 3.05) is 0 Å². The fraction of sp³-hybridized carbons (Fsp3) is 0.822. The summed E-state index contributed by atoms with van der Waals surface area (Å²) >= 11 is 0. The van der Waals surface area contributed by atoms with Gasteiger partial charge in [-0.2, -0.15) is 0 Å².